The van der Waals surface area contributed by atoms with E-state index in [2.05, 4.69) is 5.32 Å². The number of nitrogens with one attached hydrogen (secondary N) is 2. The molecule has 0 radical (unpaired) electrons. The third-order valence-electron chi connectivity index (χ3n) is 2.35. The van der Waals surface area contributed by atoms with Crippen molar-refractivity contribution in [3.05, 3.63) is 0 Å². The van der Waals surface area contributed by atoms with Crippen molar-refractivity contribution in [1.29, 1.82) is 0 Å². The second-order valence-corrected chi connectivity index (χ2v) is 4.04. The molecule has 3 nitrogen and oxygen atoms in total. The molecule has 0 spiro atoms. The van der Waals surface area contributed by atoms with Crippen molar-refractivity contribution in [2.75, 3.05) is 13.1 Å². The van der Waals surface area contributed by atoms with Crippen molar-refractivity contribution in [3.63, 3.8) is 0 Å². The highest BCUT2D eigenvalue weighted by molar-refractivity contribution is 5.80. The lowest BCUT2D eigenvalue weighted by molar-refractivity contribution is -0.274. The molecule has 0 atom stereocenters. The predicted octanol–water partition coefficient (Wildman–Crippen LogP) is 1.60. The molecular formula is C9H12F6N2O. The molecule has 0 heterocycles. The lowest BCUT2D eigenvalue weighted by Crippen LogP contribution is -2.49. The molecule has 1 aliphatic rings. The summed E-state index contributed by atoms with van der Waals surface area (Å²) in [4.78, 5) is 10.9. The van der Waals surface area contributed by atoms with E-state index >= 15 is 0 Å². The van der Waals surface area contributed by atoms with Crippen LogP contribution in [0.5, 0.6) is 0 Å². The number of carbonyl (C=O) groups excluding carboxylic acids is 1. The Labute approximate surface area is 98.9 Å². The zero-order chi connectivity index (χ0) is 14.0. The van der Waals surface area contributed by atoms with Crippen molar-refractivity contribution in [1.82, 2.24) is 10.6 Å². The summed E-state index contributed by atoms with van der Waals surface area (Å²) >= 11 is 0. The van der Waals surface area contributed by atoms with Gasteiger partial charge in [0.05, 0.1) is 0 Å². The van der Waals surface area contributed by atoms with E-state index in [4.69, 9.17) is 0 Å². The van der Waals surface area contributed by atoms with Gasteiger partial charge in [-0.1, -0.05) is 0 Å². The van der Waals surface area contributed by atoms with Gasteiger partial charge in [-0.05, 0) is 12.8 Å². The highest BCUT2D eigenvalue weighted by atomic mass is 19.4. The lowest BCUT2D eigenvalue weighted by Gasteiger charge is -2.22. The van der Waals surface area contributed by atoms with E-state index in [0.29, 0.717) is 0 Å². The molecule has 1 fully saturated rings. The van der Waals surface area contributed by atoms with Crippen LogP contribution >= 0.6 is 0 Å². The topological polar surface area (TPSA) is 41.1 Å². The van der Waals surface area contributed by atoms with Crippen molar-refractivity contribution in [2.45, 2.75) is 31.2 Å². The summed E-state index contributed by atoms with van der Waals surface area (Å²) in [7, 11) is 0. The lowest BCUT2D eigenvalue weighted by atomic mass is 10.1. The van der Waals surface area contributed by atoms with E-state index in [9.17, 15) is 31.1 Å². The van der Waals surface area contributed by atoms with Gasteiger partial charge in [0.15, 0.2) is 0 Å². The minimum atomic E-state index is -5.63. The zero-order valence-electron chi connectivity index (χ0n) is 9.16. The largest absolute Gasteiger partial charge is 0.409 e. The zero-order valence-corrected chi connectivity index (χ0v) is 9.16. The van der Waals surface area contributed by atoms with E-state index in [1.807, 2.05) is 0 Å². The summed E-state index contributed by atoms with van der Waals surface area (Å²) in [6.45, 7) is -0.114. The van der Waals surface area contributed by atoms with Crippen LogP contribution in [-0.2, 0) is 4.79 Å². The third-order valence-corrected chi connectivity index (χ3v) is 2.35. The average Bonchev–Trinajstić information content (AvgIpc) is 2.90. The highest BCUT2D eigenvalue weighted by Crippen LogP contribution is 2.39. The first-order valence-electron chi connectivity index (χ1n) is 5.27. The Morgan fingerprint density at radius 2 is 1.56 bits per heavy atom. The molecule has 1 saturated carbocycles. The summed E-state index contributed by atoms with van der Waals surface area (Å²) in [6, 6.07) is 0.267. The van der Waals surface area contributed by atoms with Crippen LogP contribution in [0.2, 0.25) is 0 Å². The van der Waals surface area contributed by atoms with E-state index in [1.54, 1.807) is 5.32 Å². The highest BCUT2D eigenvalue weighted by Gasteiger charge is 2.60. The molecule has 1 aliphatic carbocycles. The van der Waals surface area contributed by atoms with Crippen LogP contribution in [0.1, 0.15) is 12.8 Å². The maximum atomic E-state index is 12.1. The van der Waals surface area contributed by atoms with Gasteiger partial charge in [-0.3, -0.25) is 4.79 Å². The van der Waals surface area contributed by atoms with Gasteiger partial charge in [-0.15, -0.1) is 0 Å². The summed E-state index contributed by atoms with van der Waals surface area (Å²) in [5.74, 6) is -6.03. The summed E-state index contributed by atoms with van der Waals surface area (Å²) in [6.07, 6.45) is -9.40. The van der Waals surface area contributed by atoms with Gasteiger partial charge in [-0.25, -0.2) is 0 Å². The smallest absolute Gasteiger partial charge is 0.354 e. The molecule has 0 aromatic heterocycles. The standard InChI is InChI=1S/C9H12F6N2O/c10-8(11,12)6(9(13,14)15)7(18)17-4-3-16-5-1-2-5/h5-6,16H,1-4H2,(H,17,18). The number of amides is 1. The van der Waals surface area contributed by atoms with E-state index < -0.39 is 24.2 Å². The van der Waals surface area contributed by atoms with Crippen LogP contribution in [0.25, 0.3) is 0 Å². The third kappa shape index (κ3) is 4.71. The molecule has 18 heavy (non-hydrogen) atoms. The Bertz CT molecular complexity index is 282. The van der Waals surface area contributed by atoms with Crippen molar-refractivity contribution in [3.8, 4) is 0 Å². The number of rotatable bonds is 5. The molecule has 106 valence electrons. The van der Waals surface area contributed by atoms with Gasteiger partial charge >= 0.3 is 12.4 Å². The Kier molecular flexibility index (Phi) is 4.46. The fourth-order valence-electron chi connectivity index (χ4n) is 1.33. The molecule has 1 rings (SSSR count). The van der Waals surface area contributed by atoms with E-state index in [0.717, 1.165) is 12.8 Å². The first-order chi connectivity index (χ1) is 8.12. The number of alkyl halides is 6. The Hall–Kier alpha value is -0.990. The van der Waals surface area contributed by atoms with Crippen LogP contribution in [0, 0.1) is 5.92 Å². The van der Waals surface area contributed by atoms with Gasteiger partial charge < -0.3 is 10.6 Å². The fraction of sp³-hybridized carbons (Fsp3) is 0.889. The van der Waals surface area contributed by atoms with Gasteiger partial charge in [-0.2, -0.15) is 26.3 Å². The molecule has 2 N–H and O–H groups in total. The van der Waals surface area contributed by atoms with Gasteiger partial charge in [0.1, 0.15) is 0 Å². The molecule has 0 aromatic rings. The van der Waals surface area contributed by atoms with Crippen LogP contribution in [0.15, 0.2) is 0 Å². The maximum absolute atomic E-state index is 12.1. The quantitative estimate of drug-likeness (QED) is 0.592. The Morgan fingerprint density at radius 3 is 1.94 bits per heavy atom. The monoisotopic (exact) mass is 278 g/mol. The van der Waals surface area contributed by atoms with Gasteiger partial charge in [0, 0.05) is 19.1 Å². The minimum absolute atomic E-state index is 0.152. The molecule has 0 saturated heterocycles. The van der Waals surface area contributed by atoms with E-state index in [1.165, 1.54) is 0 Å². The fourth-order valence-corrected chi connectivity index (χ4v) is 1.33. The number of halogens is 6. The number of hydrogen-bond donors (Lipinski definition) is 2. The maximum Gasteiger partial charge on any atom is 0.409 e. The molecule has 9 heteroatoms. The first kappa shape index (κ1) is 15.1. The molecule has 0 aromatic carbocycles. The van der Waals surface area contributed by atoms with Crippen LogP contribution in [0.4, 0.5) is 26.3 Å². The summed E-state index contributed by atoms with van der Waals surface area (Å²) < 4.78 is 72.7. The first-order valence-corrected chi connectivity index (χ1v) is 5.27. The molecule has 1 amide bonds. The van der Waals surface area contributed by atoms with Crippen molar-refractivity contribution < 1.29 is 31.1 Å². The summed E-state index contributed by atoms with van der Waals surface area (Å²) in [5.41, 5.74) is 0. The minimum Gasteiger partial charge on any atom is -0.354 e. The molecule has 0 unspecified atom stereocenters. The molecule has 0 bridgehead atoms. The van der Waals surface area contributed by atoms with Gasteiger partial charge in [0.2, 0.25) is 11.8 Å². The number of hydrogen-bond acceptors (Lipinski definition) is 2. The predicted molar refractivity (Wildman–Crippen MR) is 49.6 cm³/mol. The van der Waals surface area contributed by atoms with Gasteiger partial charge in [0.25, 0.3) is 0 Å². The summed E-state index contributed by atoms with van der Waals surface area (Å²) in [5, 5.41) is 4.49. The van der Waals surface area contributed by atoms with Crippen LogP contribution < -0.4 is 10.6 Å². The normalized spacial score (nSPS) is 17.1. The average molecular weight is 278 g/mol. The number of carbonyl (C=O) groups is 1. The van der Waals surface area contributed by atoms with Crippen molar-refractivity contribution >= 4 is 5.91 Å². The second-order valence-electron chi connectivity index (χ2n) is 4.04. The molecule has 0 aliphatic heterocycles. The Balaban J connectivity index is 2.43. The van der Waals surface area contributed by atoms with Crippen molar-refractivity contribution in [2.24, 2.45) is 5.92 Å². The van der Waals surface area contributed by atoms with E-state index in [-0.39, 0.29) is 19.1 Å². The van der Waals surface area contributed by atoms with Crippen LogP contribution in [0.3, 0.4) is 0 Å². The molecular weight excluding hydrogens is 266 g/mol. The second kappa shape index (κ2) is 5.33. The van der Waals surface area contributed by atoms with Crippen LogP contribution in [-0.4, -0.2) is 37.4 Å². The Morgan fingerprint density at radius 1 is 1.06 bits per heavy atom. The SMILES string of the molecule is O=C(NCCNC1CC1)C(C(F)(F)F)C(F)(F)F.